The van der Waals surface area contributed by atoms with E-state index in [9.17, 15) is 0 Å². The van der Waals surface area contributed by atoms with Gasteiger partial charge in [0.25, 0.3) is 0 Å². The lowest BCUT2D eigenvalue weighted by Gasteiger charge is -2.15. The van der Waals surface area contributed by atoms with Crippen molar-refractivity contribution >= 4 is 63.9 Å². The Kier molecular flexibility index (Phi) is 3.78. The van der Waals surface area contributed by atoms with E-state index in [1.807, 2.05) is 14.8 Å². The molecule has 1 rings (SSSR count). The van der Waals surface area contributed by atoms with E-state index in [1.165, 1.54) is 5.46 Å². The van der Waals surface area contributed by atoms with Gasteiger partial charge in [-0.1, -0.05) is 17.7 Å². The number of rotatable bonds is 1. The quantitative estimate of drug-likeness (QED) is 0.443. The van der Waals surface area contributed by atoms with Gasteiger partial charge in [-0.2, -0.15) is 0 Å². The van der Waals surface area contributed by atoms with Gasteiger partial charge in [0.2, 0.25) is 0 Å². The summed E-state index contributed by atoms with van der Waals surface area (Å²) < 4.78 is 0. The van der Waals surface area contributed by atoms with Crippen molar-refractivity contribution < 1.29 is 0 Å². The minimum atomic E-state index is 0.966. The van der Waals surface area contributed by atoms with E-state index < -0.39 is 0 Å². The normalized spacial score (nSPS) is 10.2. The van der Waals surface area contributed by atoms with E-state index >= 15 is 0 Å². The lowest BCUT2D eigenvalue weighted by atomic mass is 9.70. The topological polar surface area (TPSA) is 0 Å². The van der Waals surface area contributed by atoms with Gasteiger partial charge in [-0.15, -0.1) is 37.9 Å². The molecule has 13 heavy (non-hydrogen) atoms. The molecule has 0 unspecified atom stereocenters. The molecule has 0 nitrogen and oxygen atoms in total. The van der Waals surface area contributed by atoms with Gasteiger partial charge >= 0.3 is 0 Å². The zero-order valence-corrected chi connectivity index (χ0v) is 10.7. The Hall–Kier alpha value is 0.400. The van der Waals surface area contributed by atoms with Crippen molar-refractivity contribution in [2.24, 2.45) is 0 Å². The average Bonchev–Trinajstić information content (AvgIpc) is 2.13. The molecule has 0 radical (unpaired) electrons. The number of benzene rings is 1. The second-order valence-corrected chi connectivity index (χ2v) is 4.47. The van der Waals surface area contributed by atoms with Gasteiger partial charge in [0, 0.05) is 9.79 Å². The third-order valence-corrected chi connectivity index (χ3v) is 4.23. The van der Waals surface area contributed by atoms with Crippen LogP contribution in [0.1, 0.15) is 5.56 Å². The molecule has 0 saturated carbocycles. The molecule has 0 aliphatic carbocycles. The first-order valence-corrected chi connectivity index (χ1v) is 5.57. The summed E-state index contributed by atoms with van der Waals surface area (Å²) in [5, 5.41) is 0. The van der Waals surface area contributed by atoms with Crippen molar-refractivity contribution in [3.05, 3.63) is 5.56 Å². The highest BCUT2D eigenvalue weighted by molar-refractivity contribution is 7.82. The molecule has 0 fully saturated rings. The molecule has 0 N–H and O–H groups in total. The van der Waals surface area contributed by atoms with Gasteiger partial charge in [0.1, 0.15) is 7.85 Å². The van der Waals surface area contributed by atoms with E-state index in [1.54, 1.807) is 0 Å². The first-order chi connectivity index (χ1) is 6.00. The average molecular weight is 226 g/mol. The van der Waals surface area contributed by atoms with Gasteiger partial charge in [0.05, 0.1) is 0 Å². The Balaban J connectivity index is 3.56. The van der Waals surface area contributed by atoms with Gasteiger partial charge in [-0.25, -0.2) is 0 Å². The third kappa shape index (κ3) is 1.92. The zero-order chi connectivity index (χ0) is 10.2. The van der Waals surface area contributed by atoms with Gasteiger partial charge in [-0.05, 0) is 17.4 Å². The first kappa shape index (κ1) is 11.5. The zero-order valence-electron chi connectivity index (χ0n) is 8.05. The SMILES string of the molecule is Bc1c(S)c(C)c(S)c(BC)c1S. The Bertz CT molecular complexity index is 321. The van der Waals surface area contributed by atoms with Crippen molar-refractivity contribution in [3.8, 4) is 0 Å². The van der Waals surface area contributed by atoms with E-state index in [-0.39, 0.29) is 0 Å². The van der Waals surface area contributed by atoms with Gasteiger partial charge in [0.15, 0.2) is 7.28 Å². The molecule has 5 heteroatoms. The van der Waals surface area contributed by atoms with E-state index in [2.05, 4.69) is 44.7 Å². The van der Waals surface area contributed by atoms with Crippen LogP contribution >= 0.6 is 37.9 Å². The summed E-state index contributed by atoms with van der Waals surface area (Å²) >= 11 is 13.4. The summed E-state index contributed by atoms with van der Waals surface area (Å²) in [7, 11) is 3.01. The standard InChI is InChI=1S/C8H12B2S3/c1-3-6(11)4(9)8(13)5(10-2)7(3)12/h10-13H,9H2,1-2H3. The predicted molar refractivity (Wildman–Crippen MR) is 73.8 cm³/mol. The summed E-state index contributed by atoms with van der Waals surface area (Å²) in [6.45, 7) is 4.16. The molecule has 0 amide bonds. The molecule has 0 atom stereocenters. The smallest absolute Gasteiger partial charge is 0.145 e. The molecule has 0 heterocycles. The molecule has 0 spiro atoms. The molecule has 0 aliphatic heterocycles. The van der Waals surface area contributed by atoms with Crippen LogP contribution in [-0.4, -0.2) is 15.1 Å². The highest BCUT2D eigenvalue weighted by Gasteiger charge is 2.12. The molecule has 68 valence electrons. The molecule has 1 aromatic carbocycles. The van der Waals surface area contributed by atoms with Crippen molar-refractivity contribution in [2.45, 2.75) is 28.4 Å². The molecule has 0 saturated heterocycles. The highest BCUT2D eigenvalue weighted by atomic mass is 32.1. The van der Waals surface area contributed by atoms with Crippen LogP contribution in [0.4, 0.5) is 0 Å². The summed E-state index contributed by atoms with van der Waals surface area (Å²) in [6, 6.07) is 0. The Labute approximate surface area is 97.8 Å². The largest absolute Gasteiger partial charge is 0.157 e. The maximum Gasteiger partial charge on any atom is 0.157 e. The molecule has 0 aromatic heterocycles. The van der Waals surface area contributed by atoms with Crippen LogP contribution in [-0.2, 0) is 0 Å². The van der Waals surface area contributed by atoms with Crippen LogP contribution in [0, 0.1) is 6.92 Å². The predicted octanol–water partition coefficient (Wildman–Crippen LogP) is 0.229. The third-order valence-electron chi connectivity index (χ3n) is 2.35. The lowest BCUT2D eigenvalue weighted by Crippen LogP contribution is -2.26. The van der Waals surface area contributed by atoms with Crippen LogP contribution in [0.5, 0.6) is 0 Å². The van der Waals surface area contributed by atoms with Crippen molar-refractivity contribution in [2.75, 3.05) is 0 Å². The Morgan fingerprint density at radius 3 is 2.08 bits per heavy atom. The van der Waals surface area contributed by atoms with Crippen LogP contribution < -0.4 is 10.9 Å². The summed E-state index contributed by atoms with van der Waals surface area (Å²) in [4.78, 5) is 3.07. The monoisotopic (exact) mass is 226 g/mol. The van der Waals surface area contributed by atoms with E-state index in [4.69, 9.17) is 0 Å². The van der Waals surface area contributed by atoms with Crippen molar-refractivity contribution in [1.82, 2.24) is 0 Å². The molecular weight excluding hydrogens is 214 g/mol. The lowest BCUT2D eigenvalue weighted by molar-refractivity contribution is 1.21. The minimum Gasteiger partial charge on any atom is -0.145 e. The summed E-state index contributed by atoms with van der Waals surface area (Å²) in [5.41, 5.74) is 3.53. The number of hydrogen-bond acceptors (Lipinski definition) is 3. The summed E-state index contributed by atoms with van der Waals surface area (Å²) in [6.07, 6.45) is 0. The Morgan fingerprint density at radius 1 is 1.08 bits per heavy atom. The summed E-state index contributed by atoms with van der Waals surface area (Å²) in [5.74, 6) is 0. The van der Waals surface area contributed by atoms with Crippen molar-refractivity contribution in [1.29, 1.82) is 0 Å². The minimum absolute atomic E-state index is 0.966. The highest BCUT2D eigenvalue weighted by Crippen LogP contribution is 2.20. The van der Waals surface area contributed by atoms with Crippen LogP contribution in [0.3, 0.4) is 0 Å². The number of thiol groups is 3. The van der Waals surface area contributed by atoms with E-state index in [0.29, 0.717) is 0 Å². The van der Waals surface area contributed by atoms with E-state index in [0.717, 1.165) is 33.0 Å². The fourth-order valence-electron chi connectivity index (χ4n) is 1.41. The second-order valence-electron chi connectivity index (χ2n) is 3.13. The van der Waals surface area contributed by atoms with Gasteiger partial charge in [-0.3, -0.25) is 0 Å². The van der Waals surface area contributed by atoms with Crippen molar-refractivity contribution in [3.63, 3.8) is 0 Å². The maximum absolute atomic E-state index is 4.48. The fraction of sp³-hybridized carbons (Fsp3) is 0.250. The van der Waals surface area contributed by atoms with Gasteiger partial charge < -0.3 is 0 Å². The molecule has 0 bridgehead atoms. The number of hydrogen-bond donors (Lipinski definition) is 3. The molecular formula is C8H12B2S3. The fourth-order valence-corrected chi connectivity index (χ4v) is 2.66. The van der Waals surface area contributed by atoms with Crippen LogP contribution in [0.25, 0.3) is 0 Å². The molecule has 1 aromatic rings. The Morgan fingerprint density at radius 2 is 1.62 bits per heavy atom. The van der Waals surface area contributed by atoms with Crippen LogP contribution in [0.2, 0.25) is 6.82 Å². The molecule has 0 aliphatic rings. The van der Waals surface area contributed by atoms with Crippen LogP contribution in [0.15, 0.2) is 14.7 Å². The first-order valence-electron chi connectivity index (χ1n) is 4.23. The second kappa shape index (κ2) is 4.28. The maximum atomic E-state index is 4.48.